The van der Waals surface area contributed by atoms with E-state index in [0.717, 1.165) is 11.1 Å². The van der Waals surface area contributed by atoms with Crippen molar-refractivity contribution >= 4 is 16.9 Å². The Hall–Kier alpha value is -2.95. The number of aryl methyl sites for hydroxylation is 1. The highest BCUT2D eigenvalue weighted by Crippen LogP contribution is 2.33. The highest BCUT2D eigenvalue weighted by Gasteiger charge is 2.18. The molecule has 1 heterocycles. The van der Waals surface area contributed by atoms with Crippen LogP contribution in [0.2, 0.25) is 0 Å². The molecule has 0 unspecified atom stereocenters. The molecule has 3 aromatic rings. The molecular formula is C21H22N2O3. The largest absolute Gasteiger partial charge is 0.481 e. The van der Waals surface area contributed by atoms with Crippen LogP contribution >= 0.6 is 0 Å². The van der Waals surface area contributed by atoms with E-state index in [4.69, 9.17) is 5.11 Å². The third-order valence-electron chi connectivity index (χ3n) is 4.44. The summed E-state index contributed by atoms with van der Waals surface area (Å²) in [6, 6.07) is 13.8. The fourth-order valence-electron chi connectivity index (χ4n) is 3.09. The van der Waals surface area contributed by atoms with Crippen LogP contribution in [0.4, 0.5) is 0 Å². The first-order valence-corrected chi connectivity index (χ1v) is 8.58. The minimum absolute atomic E-state index is 0.0256. The zero-order valence-electron chi connectivity index (χ0n) is 15.2. The lowest BCUT2D eigenvalue weighted by Gasteiger charge is -2.23. The van der Waals surface area contributed by atoms with Gasteiger partial charge in [-0.15, -0.1) is 0 Å². The fraction of sp³-hybridized carbons (Fsp3) is 0.286. The number of aliphatic carboxylic acids is 1. The fourth-order valence-corrected chi connectivity index (χ4v) is 3.09. The van der Waals surface area contributed by atoms with E-state index in [1.807, 2.05) is 30.3 Å². The Morgan fingerprint density at radius 3 is 2.58 bits per heavy atom. The second-order valence-electron chi connectivity index (χ2n) is 7.41. The Labute approximate surface area is 151 Å². The van der Waals surface area contributed by atoms with Crippen LogP contribution in [0.3, 0.4) is 0 Å². The van der Waals surface area contributed by atoms with E-state index in [1.165, 1.54) is 16.5 Å². The monoisotopic (exact) mass is 350 g/mol. The summed E-state index contributed by atoms with van der Waals surface area (Å²) in [7, 11) is 0. The second-order valence-corrected chi connectivity index (χ2v) is 7.41. The molecule has 134 valence electrons. The Morgan fingerprint density at radius 1 is 1.15 bits per heavy atom. The summed E-state index contributed by atoms with van der Waals surface area (Å²) in [4.78, 5) is 27.8. The van der Waals surface area contributed by atoms with Gasteiger partial charge in [0.25, 0.3) is 5.56 Å². The topological polar surface area (TPSA) is 72.2 Å². The molecule has 0 aliphatic carbocycles. The van der Waals surface area contributed by atoms with Crippen molar-refractivity contribution in [2.45, 2.75) is 39.2 Å². The van der Waals surface area contributed by atoms with E-state index in [9.17, 15) is 9.59 Å². The normalized spacial score (nSPS) is 11.7. The maximum Gasteiger partial charge on any atom is 0.305 e. The minimum atomic E-state index is -0.940. The predicted molar refractivity (Wildman–Crippen MR) is 102 cm³/mol. The van der Waals surface area contributed by atoms with Crippen molar-refractivity contribution in [2.24, 2.45) is 0 Å². The summed E-state index contributed by atoms with van der Waals surface area (Å²) in [6.45, 7) is 6.59. The first kappa shape index (κ1) is 17.9. The van der Waals surface area contributed by atoms with Crippen molar-refractivity contribution in [3.8, 4) is 11.1 Å². The molecule has 0 saturated carbocycles. The number of nitrogens with zero attached hydrogens (tertiary/aromatic N) is 2. The average Bonchev–Trinajstić information content (AvgIpc) is 2.60. The molecule has 0 atom stereocenters. The van der Waals surface area contributed by atoms with Gasteiger partial charge in [-0.1, -0.05) is 51.1 Å². The number of carbonyl (C=O) groups is 1. The molecule has 0 radical (unpaired) electrons. The van der Waals surface area contributed by atoms with E-state index in [-0.39, 0.29) is 23.9 Å². The van der Waals surface area contributed by atoms with Crippen molar-refractivity contribution in [3.63, 3.8) is 0 Å². The SMILES string of the molecule is CC(C)(C)c1ccccc1-c1ccc2ncn(CCC(=O)O)c(=O)c2c1. The van der Waals surface area contributed by atoms with E-state index in [0.29, 0.717) is 10.9 Å². The lowest BCUT2D eigenvalue weighted by Crippen LogP contribution is -2.22. The predicted octanol–water partition coefficient (Wildman–Crippen LogP) is 3.84. The summed E-state index contributed by atoms with van der Waals surface area (Å²) in [5.41, 5.74) is 3.61. The number of hydrogen-bond donors (Lipinski definition) is 1. The Kier molecular flexibility index (Phi) is 4.64. The van der Waals surface area contributed by atoms with Crippen LogP contribution in [0.15, 0.2) is 53.6 Å². The van der Waals surface area contributed by atoms with Crippen LogP contribution < -0.4 is 5.56 Å². The van der Waals surface area contributed by atoms with Gasteiger partial charge in [-0.25, -0.2) is 4.98 Å². The van der Waals surface area contributed by atoms with Crippen molar-refractivity contribution in [1.82, 2.24) is 9.55 Å². The lowest BCUT2D eigenvalue weighted by molar-refractivity contribution is -0.137. The lowest BCUT2D eigenvalue weighted by atomic mass is 9.82. The molecule has 5 nitrogen and oxygen atoms in total. The zero-order valence-corrected chi connectivity index (χ0v) is 15.2. The third-order valence-corrected chi connectivity index (χ3v) is 4.44. The molecule has 0 amide bonds. The van der Waals surface area contributed by atoms with Gasteiger partial charge in [0.2, 0.25) is 0 Å². The molecule has 0 aliphatic rings. The van der Waals surface area contributed by atoms with Gasteiger partial charge in [0.05, 0.1) is 23.7 Å². The molecule has 1 aromatic heterocycles. The van der Waals surface area contributed by atoms with Crippen LogP contribution in [0.1, 0.15) is 32.8 Å². The molecule has 0 spiro atoms. The molecule has 0 aliphatic heterocycles. The van der Waals surface area contributed by atoms with Crippen molar-refractivity contribution < 1.29 is 9.90 Å². The summed E-state index contributed by atoms with van der Waals surface area (Å²) in [5, 5.41) is 9.34. The summed E-state index contributed by atoms with van der Waals surface area (Å²) >= 11 is 0. The van der Waals surface area contributed by atoms with Gasteiger partial charge in [-0.05, 0) is 34.2 Å². The van der Waals surface area contributed by atoms with E-state index >= 15 is 0 Å². The number of rotatable bonds is 4. The van der Waals surface area contributed by atoms with Gasteiger partial charge in [0, 0.05) is 6.54 Å². The van der Waals surface area contributed by atoms with Gasteiger partial charge >= 0.3 is 5.97 Å². The Bertz CT molecular complexity index is 1030. The molecule has 26 heavy (non-hydrogen) atoms. The smallest absolute Gasteiger partial charge is 0.305 e. The molecule has 0 bridgehead atoms. The van der Waals surface area contributed by atoms with Crippen molar-refractivity contribution in [1.29, 1.82) is 0 Å². The maximum absolute atomic E-state index is 12.7. The van der Waals surface area contributed by atoms with Gasteiger partial charge in [0.15, 0.2) is 0 Å². The van der Waals surface area contributed by atoms with Gasteiger partial charge in [-0.3, -0.25) is 14.2 Å². The standard InChI is InChI=1S/C21H22N2O3/c1-21(2,3)17-7-5-4-6-15(17)14-8-9-18-16(12-14)20(26)23(13-22-18)11-10-19(24)25/h4-9,12-13H,10-11H2,1-3H3,(H,24,25). The second kappa shape index (κ2) is 6.75. The van der Waals surface area contributed by atoms with Gasteiger partial charge < -0.3 is 5.11 Å². The number of benzene rings is 2. The number of carboxylic acid groups (broad SMARTS) is 1. The number of aromatic nitrogens is 2. The first-order valence-electron chi connectivity index (χ1n) is 8.58. The van der Waals surface area contributed by atoms with E-state index in [1.54, 1.807) is 0 Å². The zero-order chi connectivity index (χ0) is 18.9. The molecule has 5 heteroatoms. The van der Waals surface area contributed by atoms with Gasteiger partial charge in [0.1, 0.15) is 0 Å². The van der Waals surface area contributed by atoms with Crippen LogP contribution in [0.25, 0.3) is 22.0 Å². The highest BCUT2D eigenvalue weighted by molar-refractivity contribution is 5.84. The van der Waals surface area contributed by atoms with E-state index in [2.05, 4.69) is 37.9 Å². The molecule has 1 N–H and O–H groups in total. The molecule has 2 aromatic carbocycles. The number of hydrogen-bond acceptors (Lipinski definition) is 3. The number of fused-ring (bicyclic) bond motifs is 1. The highest BCUT2D eigenvalue weighted by atomic mass is 16.4. The minimum Gasteiger partial charge on any atom is -0.481 e. The molecule has 0 saturated heterocycles. The van der Waals surface area contributed by atoms with Crippen LogP contribution in [0, 0.1) is 0 Å². The average molecular weight is 350 g/mol. The maximum atomic E-state index is 12.7. The Morgan fingerprint density at radius 2 is 1.88 bits per heavy atom. The molecule has 0 fully saturated rings. The summed E-state index contributed by atoms with van der Waals surface area (Å²) in [5.74, 6) is -0.940. The summed E-state index contributed by atoms with van der Waals surface area (Å²) < 4.78 is 1.36. The number of carboxylic acids is 1. The summed E-state index contributed by atoms with van der Waals surface area (Å²) in [6.07, 6.45) is 1.30. The van der Waals surface area contributed by atoms with Crippen LogP contribution in [-0.2, 0) is 16.8 Å². The van der Waals surface area contributed by atoms with Crippen LogP contribution in [-0.4, -0.2) is 20.6 Å². The van der Waals surface area contributed by atoms with Crippen molar-refractivity contribution in [2.75, 3.05) is 0 Å². The van der Waals surface area contributed by atoms with E-state index < -0.39 is 5.97 Å². The quantitative estimate of drug-likeness (QED) is 0.776. The van der Waals surface area contributed by atoms with Crippen molar-refractivity contribution in [3.05, 3.63) is 64.7 Å². The first-order chi connectivity index (χ1) is 12.3. The molecule has 3 rings (SSSR count). The molecular weight excluding hydrogens is 328 g/mol. The third kappa shape index (κ3) is 3.52. The Balaban J connectivity index is 2.14. The van der Waals surface area contributed by atoms with Gasteiger partial charge in [-0.2, -0.15) is 0 Å². The van der Waals surface area contributed by atoms with Crippen LogP contribution in [0.5, 0.6) is 0 Å².